The van der Waals surface area contributed by atoms with Crippen molar-refractivity contribution >= 4 is 12.0 Å². The van der Waals surface area contributed by atoms with Crippen molar-refractivity contribution in [3.8, 4) is 0 Å². The van der Waals surface area contributed by atoms with Crippen LogP contribution < -0.4 is 5.32 Å². The summed E-state index contributed by atoms with van der Waals surface area (Å²) in [6, 6.07) is -0.0407. The van der Waals surface area contributed by atoms with Crippen LogP contribution >= 0.6 is 0 Å². The summed E-state index contributed by atoms with van der Waals surface area (Å²) in [5.74, 6) is -1.04. The van der Waals surface area contributed by atoms with E-state index >= 15 is 0 Å². The number of likely N-dealkylation sites (tertiary alicyclic amines) is 1. The van der Waals surface area contributed by atoms with Crippen molar-refractivity contribution in [3.63, 3.8) is 0 Å². The van der Waals surface area contributed by atoms with Gasteiger partial charge in [0.25, 0.3) is 0 Å². The highest BCUT2D eigenvalue weighted by molar-refractivity contribution is 5.77. The summed E-state index contributed by atoms with van der Waals surface area (Å²) in [4.78, 5) is 24.3. The summed E-state index contributed by atoms with van der Waals surface area (Å²) in [6.07, 6.45) is 3.26. The first-order valence-corrected chi connectivity index (χ1v) is 6.21. The summed E-state index contributed by atoms with van der Waals surface area (Å²) in [5, 5.41) is 11.9. The molecule has 0 aromatic carbocycles. The number of urea groups is 1. The Bertz CT molecular complexity index is 333. The highest BCUT2D eigenvalue weighted by atomic mass is 16.4. The van der Waals surface area contributed by atoms with E-state index < -0.39 is 5.97 Å². The van der Waals surface area contributed by atoms with Crippen LogP contribution in [0.5, 0.6) is 0 Å². The zero-order valence-corrected chi connectivity index (χ0v) is 10.4. The van der Waals surface area contributed by atoms with Gasteiger partial charge in [0.05, 0.1) is 5.92 Å². The molecule has 96 valence electrons. The second-order valence-electron chi connectivity index (χ2n) is 5.64. The van der Waals surface area contributed by atoms with E-state index in [4.69, 9.17) is 5.11 Å². The van der Waals surface area contributed by atoms with E-state index in [2.05, 4.69) is 12.2 Å². The lowest BCUT2D eigenvalue weighted by Crippen LogP contribution is -2.61. The molecule has 5 nitrogen and oxygen atoms in total. The standard InChI is InChI=1S/C12H20N2O3/c1-8(10(15)16)9-6-14(7-9)11(17)13-12(2)4-3-5-12/h8-9H,3-7H2,1-2H3,(H,13,17)(H,15,16). The molecule has 1 saturated heterocycles. The van der Waals surface area contributed by atoms with Gasteiger partial charge >= 0.3 is 12.0 Å². The molecule has 2 amide bonds. The lowest BCUT2D eigenvalue weighted by atomic mass is 9.78. The van der Waals surface area contributed by atoms with Crippen LogP contribution in [0.15, 0.2) is 0 Å². The Hall–Kier alpha value is -1.26. The quantitative estimate of drug-likeness (QED) is 0.781. The van der Waals surface area contributed by atoms with E-state index in [9.17, 15) is 9.59 Å². The Morgan fingerprint density at radius 3 is 2.41 bits per heavy atom. The molecule has 0 spiro atoms. The van der Waals surface area contributed by atoms with Gasteiger partial charge in [-0.2, -0.15) is 0 Å². The molecule has 0 radical (unpaired) electrons. The Morgan fingerprint density at radius 2 is 2.00 bits per heavy atom. The van der Waals surface area contributed by atoms with Crippen LogP contribution in [0.3, 0.4) is 0 Å². The molecule has 1 saturated carbocycles. The summed E-state index contributed by atoms with van der Waals surface area (Å²) >= 11 is 0. The van der Waals surface area contributed by atoms with E-state index in [-0.39, 0.29) is 23.4 Å². The number of carboxylic acid groups (broad SMARTS) is 1. The average molecular weight is 240 g/mol. The van der Waals surface area contributed by atoms with Crippen LogP contribution in [0.1, 0.15) is 33.1 Å². The molecule has 1 atom stereocenters. The van der Waals surface area contributed by atoms with Crippen molar-refractivity contribution < 1.29 is 14.7 Å². The Balaban J connectivity index is 1.75. The zero-order chi connectivity index (χ0) is 12.6. The van der Waals surface area contributed by atoms with Crippen molar-refractivity contribution in [2.45, 2.75) is 38.6 Å². The molecule has 1 aliphatic carbocycles. The van der Waals surface area contributed by atoms with Crippen molar-refractivity contribution in [3.05, 3.63) is 0 Å². The van der Waals surface area contributed by atoms with E-state index in [0.717, 1.165) is 12.8 Å². The van der Waals surface area contributed by atoms with Gasteiger partial charge in [-0.05, 0) is 26.2 Å². The second-order valence-corrected chi connectivity index (χ2v) is 5.64. The minimum Gasteiger partial charge on any atom is -0.481 e. The number of rotatable bonds is 3. The number of hydrogen-bond donors (Lipinski definition) is 2. The van der Waals surface area contributed by atoms with Crippen LogP contribution in [0.2, 0.25) is 0 Å². The van der Waals surface area contributed by atoms with Gasteiger partial charge in [0.15, 0.2) is 0 Å². The zero-order valence-electron chi connectivity index (χ0n) is 10.4. The molecule has 2 aliphatic rings. The van der Waals surface area contributed by atoms with Crippen LogP contribution in [0.25, 0.3) is 0 Å². The lowest BCUT2D eigenvalue weighted by molar-refractivity contribution is -0.144. The number of nitrogens with zero attached hydrogens (tertiary/aromatic N) is 1. The summed E-state index contributed by atoms with van der Waals surface area (Å²) in [6.45, 7) is 4.89. The van der Waals surface area contributed by atoms with Crippen LogP contribution in [-0.2, 0) is 4.79 Å². The predicted octanol–water partition coefficient (Wildman–Crippen LogP) is 1.29. The first-order valence-electron chi connectivity index (χ1n) is 6.21. The Kier molecular flexibility index (Phi) is 3.02. The van der Waals surface area contributed by atoms with E-state index in [1.165, 1.54) is 6.42 Å². The molecule has 2 rings (SSSR count). The predicted molar refractivity (Wildman–Crippen MR) is 62.7 cm³/mol. The Morgan fingerprint density at radius 1 is 1.41 bits per heavy atom. The van der Waals surface area contributed by atoms with Gasteiger partial charge in [0.2, 0.25) is 0 Å². The van der Waals surface area contributed by atoms with Gasteiger partial charge in [-0.25, -0.2) is 4.79 Å². The lowest BCUT2D eigenvalue weighted by Gasteiger charge is -2.45. The monoisotopic (exact) mass is 240 g/mol. The summed E-state index contributed by atoms with van der Waals surface area (Å²) < 4.78 is 0. The van der Waals surface area contributed by atoms with Crippen LogP contribution in [-0.4, -0.2) is 40.6 Å². The summed E-state index contributed by atoms with van der Waals surface area (Å²) in [7, 11) is 0. The largest absolute Gasteiger partial charge is 0.481 e. The molecule has 17 heavy (non-hydrogen) atoms. The van der Waals surface area contributed by atoms with Crippen molar-refractivity contribution in [1.29, 1.82) is 0 Å². The number of carbonyl (C=O) groups excluding carboxylic acids is 1. The number of aliphatic carboxylic acids is 1. The molecule has 0 aromatic heterocycles. The van der Waals surface area contributed by atoms with Crippen molar-refractivity contribution in [2.24, 2.45) is 11.8 Å². The van der Waals surface area contributed by atoms with E-state index in [1.54, 1.807) is 11.8 Å². The highest BCUT2D eigenvalue weighted by Crippen LogP contribution is 2.32. The van der Waals surface area contributed by atoms with Gasteiger partial charge in [-0.3, -0.25) is 4.79 Å². The van der Waals surface area contributed by atoms with Gasteiger partial charge < -0.3 is 15.3 Å². The number of hydrogen-bond acceptors (Lipinski definition) is 2. The average Bonchev–Trinajstić information content (AvgIpc) is 2.12. The molecule has 0 bridgehead atoms. The normalized spacial score (nSPS) is 24.5. The number of carbonyl (C=O) groups is 2. The Labute approximate surface area is 101 Å². The molecule has 1 aliphatic heterocycles. The van der Waals surface area contributed by atoms with Crippen molar-refractivity contribution in [1.82, 2.24) is 10.2 Å². The number of carboxylic acids is 1. The number of nitrogens with one attached hydrogen (secondary N) is 1. The molecule has 5 heteroatoms. The molecule has 0 aromatic rings. The smallest absolute Gasteiger partial charge is 0.317 e. The topological polar surface area (TPSA) is 69.6 Å². The maximum absolute atomic E-state index is 11.8. The molecule has 2 fully saturated rings. The van der Waals surface area contributed by atoms with E-state index in [0.29, 0.717) is 13.1 Å². The molecule has 1 unspecified atom stereocenters. The molecular formula is C12H20N2O3. The third-order valence-electron chi connectivity index (χ3n) is 4.16. The third-order valence-corrected chi connectivity index (χ3v) is 4.16. The van der Waals surface area contributed by atoms with E-state index in [1.807, 2.05) is 0 Å². The molecular weight excluding hydrogens is 220 g/mol. The molecule has 2 N–H and O–H groups in total. The fraction of sp³-hybridized carbons (Fsp3) is 0.833. The van der Waals surface area contributed by atoms with Crippen LogP contribution in [0, 0.1) is 11.8 Å². The van der Waals surface area contributed by atoms with Gasteiger partial charge in [0.1, 0.15) is 0 Å². The number of amides is 2. The maximum atomic E-state index is 11.8. The second kappa shape index (κ2) is 4.20. The van der Waals surface area contributed by atoms with Gasteiger partial charge in [0, 0.05) is 24.5 Å². The fourth-order valence-corrected chi connectivity index (χ4v) is 2.37. The van der Waals surface area contributed by atoms with Gasteiger partial charge in [-0.1, -0.05) is 6.92 Å². The molecule has 1 heterocycles. The van der Waals surface area contributed by atoms with Crippen LogP contribution in [0.4, 0.5) is 4.79 Å². The highest BCUT2D eigenvalue weighted by Gasteiger charge is 2.40. The third kappa shape index (κ3) is 2.37. The first-order chi connectivity index (χ1) is 7.91. The minimum atomic E-state index is -0.777. The van der Waals surface area contributed by atoms with Crippen molar-refractivity contribution in [2.75, 3.05) is 13.1 Å². The van der Waals surface area contributed by atoms with Gasteiger partial charge in [-0.15, -0.1) is 0 Å². The fourth-order valence-electron chi connectivity index (χ4n) is 2.37. The SMILES string of the molecule is CC(C(=O)O)C1CN(C(=O)NC2(C)CCC2)C1. The maximum Gasteiger partial charge on any atom is 0.317 e. The summed E-state index contributed by atoms with van der Waals surface area (Å²) in [5.41, 5.74) is -0.0272. The first kappa shape index (κ1) is 12.2. The minimum absolute atomic E-state index is 0.0272.